The molecule has 2 aromatic heterocycles. The molecular weight excluding hydrogens is 292 g/mol. The summed E-state index contributed by atoms with van der Waals surface area (Å²) in [6.07, 6.45) is 2.94. The van der Waals surface area contributed by atoms with Crippen LogP contribution in [0.3, 0.4) is 0 Å². The highest BCUT2D eigenvalue weighted by molar-refractivity contribution is 5.93. The van der Waals surface area contributed by atoms with Gasteiger partial charge < -0.3 is 10.4 Å². The molecule has 6 heteroatoms. The van der Waals surface area contributed by atoms with Gasteiger partial charge in [0.25, 0.3) is 0 Å². The first-order valence-electron chi connectivity index (χ1n) is 7.03. The van der Waals surface area contributed by atoms with Crippen LogP contribution in [0.5, 0.6) is 0 Å². The van der Waals surface area contributed by atoms with Gasteiger partial charge in [-0.15, -0.1) is 0 Å². The van der Waals surface area contributed by atoms with Crippen molar-refractivity contribution < 1.29 is 9.90 Å². The average Bonchev–Trinajstić information content (AvgIpc) is 2.61. The van der Waals surface area contributed by atoms with E-state index in [0.29, 0.717) is 18.1 Å². The van der Waals surface area contributed by atoms with E-state index >= 15 is 0 Å². The van der Waals surface area contributed by atoms with Crippen LogP contribution in [-0.4, -0.2) is 26.0 Å². The van der Waals surface area contributed by atoms with Crippen molar-refractivity contribution in [2.45, 2.75) is 6.54 Å². The van der Waals surface area contributed by atoms with Gasteiger partial charge in [-0.2, -0.15) is 0 Å². The van der Waals surface area contributed by atoms with Crippen LogP contribution >= 0.6 is 0 Å². The molecule has 3 aromatic rings. The van der Waals surface area contributed by atoms with Crippen LogP contribution in [0.1, 0.15) is 15.9 Å². The van der Waals surface area contributed by atoms with Gasteiger partial charge in [-0.05, 0) is 17.7 Å². The van der Waals surface area contributed by atoms with Gasteiger partial charge in [0.1, 0.15) is 17.1 Å². The molecule has 0 atom stereocenters. The molecule has 0 saturated carbocycles. The number of anilines is 1. The van der Waals surface area contributed by atoms with Crippen molar-refractivity contribution in [2.24, 2.45) is 0 Å². The summed E-state index contributed by atoms with van der Waals surface area (Å²) < 4.78 is 0. The summed E-state index contributed by atoms with van der Waals surface area (Å²) in [5.41, 5.74) is 1.65. The molecule has 0 unspecified atom stereocenters. The number of carbonyl (C=O) groups is 1. The molecule has 0 aliphatic heterocycles. The highest BCUT2D eigenvalue weighted by Gasteiger charge is 2.14. The smallest absolute Gasteiger partial charge is 0.341 e. The zero-order chi connectivity index (χ0) is 16.1. The van der Waals surface area contributed by atoms with Crippen LogP contribution in [0.4, 0.5) is 5.82 Å². The standard InChI is InChI=1S/C17H14N4O2/c22-17(23)13-11-20-16(14-8-4-5-9-18-14)21-15(13)19-10-12-6-2-1-3-7-12/h1-9,11H,10H2,(H,22,23)(H,19,20,21). The zero-order valence-corrected chi connectivity index (χ0v) is 12.2. The zero-order valence-electron chi connectivity index (χ0n) is 12.2. The summed E-state index contributed by atoms with van der Waals surface area (Å²) >= 11 is 0. The second kappa shape index (κ2) is 6.65. The maximum absolute atomic E-state index is 11.3. The highest BCUT2D eigenvalue weighted by Crippen LogP contribution is 2.18. The van der Waals surface area contributed by atoms with Crippen molar-refractivity contribution in [3.63, 3.8) is 0 Å². The van der Waals surface area contributed by atoms with Crippen molar-refractivity contribution in [1.82, 2.24) is 15.0 Å². The molecule has 0 spiro atoms. The van der Waals surface area contributed by atoms with Crippen LogP contribution in [0.15, 0.2) is 60.9 Å². The number of rotatable bonds is 5. The van der Waals surface area contributed by atoms with Gasteiger partial charge in [0.2, 0.25) is 0 Å². The predicted molar refractivity (Wildman–Crippen MR) is 86.0 cm³/mol. The number of aromatic nitrogens is 3. The van der Waals surface area contributed by atoms with Crippen molar-refractivity contribution in [3.8, 4) is 11.5 Å². The molecule has 1 aromatic carbocycles. The van der Waals surface area contributed by atoms with Crippen LogP contribution in [-0.2, 0) is 6.54 Å². The Hall–Kier alpha value is -3.28. The molecule has 0 aliphatic rings. The third-order valence-electron chi connectivity index (χ3n) is 3.22. The van der Waals surface area contributed by atoms with E-state index in [1.54, 1.807) is 18.3 Å². The molecule has 3 rings (SSSR count). The van der Waals surface area contributed by atoms with E-state index in [1.165, 1.54) is 6.20 Å². The van der Waals surface area contributed by atoms with Crippen molar-refractivity contribution in [2.75, 3.05) is 5.32 Å². The monoisotopic (exact) mass is 306 g/mol. The fourth-order valence-electron chi connectivity index (χ4n) is 2.07. The SMILES string of the molecule is O=C(O)c1cnc(-c2ccccn2)nc1NCc1ccccc1. The van der Waals surface area contributed by atoms with E-state index in [2.05, 4.69) is 20.3 Å². The van der Waals surface area contributed by atoms with Gasteiger partial charge >= 0.3 is 5.97 Å². The molecule has 0 fully saturated rings. The van der Waals surface area contributed by atoms with Crippen molar-refractivity contribution in [1.29, 1.82) is 0 Å². The largest absolute Gasteiger partial charge is 0.477 e. The van der Waals surface area contributed by atoms with E-state index in [4.69, 9.17) is 0 Å². The molecule has 0 amide bonds. The normalized spacial score (nSPS) is 10.3. The van der Waals surface area contributed by atoms with Crippen molar-refractivity contribution >= 4 is 11.8 Å². The first-order valence-corrected chi connectivity index (χ1v) is 7.03. The minimum atomic E-state index is -1.08. The molecule has 2 N–H and O–H groups in total. The quantitative estimate of drug-likeness (QED) is 0.753. The van der Waals surface area contributed by atoms with Crippen LogP contribution in [0.2, 0.25) is 0 Å². The van der Waals surface area contributed by atoms with Gasteiger partial charge in [0, 0.05) is 18.9 Å². The summed E-state index contributed by atoms with van der Waals surface area (Å²) in [6, 6.07) is 15.1. The average molecular weight is 306 g/mol. The number of benzene rings is 1. The summed E-state index contributed by atoms with van der Waals surface area (Å²) in [5, 5.41) is 12.4. The van der Waals surface area contributed by atoms with Gasteiger partial charge in [0.05, 0.1) is 0 Å². The number of hydrogen-bond acceptors (Lipinski definition) is 5. The molecule has 0 radical (unpaired) electrons. The predicted octanol–water partition coefficient (Wildman–Crippen LogP) is 2.85. The van der Waals surface area contributed by atoms with E-state index in [-0.39, 0.29) is 11.4 Å². The number of carboxylic acid groups (broad SMARTS) is 1. The second-order valence-corrected chi connectivity index (χ2v) is 4.82. The van der Waals surface area contributed by atoms with Gasteiger partial charge in [-0.25, -0.2) is 14.8 Å². The lowest BCUT2D eigenvalue weighted by atomic mass is 10.2. The molecule has 0 bridgehead atoms. The van der Waals surface area contributed by atoms with Gasteiger partial charge in [-0.1, -0.05) is 36.4 Å². The lowest BCUT2D eigenvalue weighted by Gasteiger charge is -2.10. The number of hydrogen-bond donors (Lipinski definition) is 2. The minimum absolute atomic E-state index is 0.0283. The fourth-order valence-corrected chi connectivity index (χ4v) is 2.07. The maximum Gasteiger partial charge on any atom is 0.341 e. The third-order valence-corrected chi connectivity index (χ3v) is 3.22. The Morgan fingerprint density at radius 3 is 2.52 bits per heavy atom. The summed E-state index contributed by atoms with van der Waals surface area (Å²) in [6.45, 7) is 0.472. The number of pyridine rings is 1. The topological polar surface area (TPSA) is 88.0 Å². The van der Waals surface area contributed by atoms with Crippen molar-refractivity contribution in [3.05, 3.63) is 72.1 Å². The molecule has 23 heavy (non-hydrogen) atoms. The Morgan fingerprint density at radius 1 is 1.04 bits per heavy atom. The summed E-state index contributed by atoms with van der Waals surface area (Å²) in [5.74, 6) is -0.420. The van der Waals surface area contributed by atoms with Gasteiger partial charge in [-0.3, -0.25) is 4.98 Å². The lowest BCUT2D eigenvalue weighted by Crippen LogP contribution is -2.10. The Labute approximate surface area is 132 Å². The highest BCUT2D eigenvalue weighted by atomic mass is 16.4. The number of carboxylic acids is 1. The maximum atomic E-state index is 11.3. The molecule has 114 valence electrons. The Kier molecular flexibility index (Phi) is 4.24. The molecule has 2 heterocycles. The Balaban J connectivity index is 1.91. The summed E-state index contributed by atoms with van der Waals surface area (Å²) in [4.78, 5) is 23.9. The first-order chi connectivity index (χ1) is 11.2. The Morgan fingerprint density at radius 2 is 1.83 bits per heavy atom. The van der Waals surface area contributed by atoms with Crippen LogP contribution in [0.25, 0.3) is 11.5 Å². The minimum Gasteiger partial charge on any atom is -0.477 e. The van der Waals surface area contributed by atoms with Crippen LogP contribution < -0.4 is 5.32 Å². The van der Waals surface area contributed by atoms with Crippen LogP contribution in [0, 0.1) is 0 Å². The third kappa shape index (κ3) is 3.49. The number of nitrogens with one attached hydrogen (secondary N) is 1. The molecule has 0 saturated heterocycles. The Bertz CT molecular complexity index is 807. The second-order valence-electron chi connectivity index (χ2n) is 4.82. The first kappa shape index (κ1) is 14.6. The lowest BCUT2D eigenvalue weighted by molar-refractivity contribution is 0.0697. The van der Waals surface area contributed by atoms with E-state index < -0.39 is 5.97 Å². The molecule has 6 nitrogen and oxygen atoms in total. The number of nitrogens with zero attached hydrogens (tertiary/aromatic N) is 3. The van der Waals surface area contributed by atoms with E-state index in [0.717, 1.165) is 5.56 Å². The van der Waals surface area contributed by atoms with Gasteiger partial charge in [0.15, 0.2) is 5.82 Å². The van der Waals surface area contributed by atoms with E-state index in [9.17, 15) is 9.90 Å². The van der Waals surface area contributed by atoms with E-state index in [1.807, 2.05) is 36.4 Å². The molecular formula is C17H14N4O2. The number of aromatic carboxylic acids is 1. The molecule has 0 aliphatic carbocycles. The fraction of sp³-hybridized carbons (Fsp3) is 0.0588. The summed E-state index contributed by atoms with van der Waals surface area (Å²) in [7, 11) is 0.